The van der Waals surface area contributed by atoms with Crippen molar-refractivity contribution in [2.75, 3.05) is 0 Å². The Balaban J connectivity index is 0.000000490. The number of aromatic nitrogens is 1. The summed E-state index contributed by atoms with van der Waals surface area (Å²) in [6.07, 6.45) is 3.12. The van der Waals surface area contributed by atoms with Crippen LogP contribution in [0, 0.1) is 0 Å². The fraction of sp³-hybridized carbons (Fsp3) is 0.250. The lowest BCUT2D eigenvalue weighted by Gasteiger charge is -1.75. The molecule has 0 aromatic carbocycles. The highest BCUT2D eigenvalue weighted by atomic mass is 79.9. The first-order valence-electron chi connectivity index (χ1n) is 2.02. The molecule has 4 heteroatoms. The smallest absolute Gasteiger partial charge is 0.128 e. The molecule has 0 radical (unpaired) electrons. The van der Waals surface area contributed by atoms with Crippen LogP contribution >= 0.6 is 17.0 Å². The zero-order valence-electron chi connectivity index (χ0n) is 4.20. The number of nitrogens with two attached hydrogens (primary N) is 1. The van der Waals surface area contributed by atoms with E-state index in [1.807, 2.05) is 0 Å². The van der Waals surface area contributed by atoms with Crippen molar-refractivity contribution in [3.05, 3.63) is 18.0 Å². The van der Waals surface area contributed by atoms with Crippen molar-refractivity contribution in [1.29, 1.82) is 0 Å². The third-order valence-electron chi connectivity index (χ3n) is 0.719. The molecule has 1 aromatic rings. The van der Waals surface area contributed by atoms with E-state index < -0.39 is 0 Å². The molecular weight excluding hydrogens is 172 g/mol. The molecule has 0 fully saturated rings. The van der Waals surface area contributed by atoms with Crippen molar-refractivity contribution in [3.63, 3.8) is 0 Å². The summed E-state index contributed by atoms with van der Waals surface area (Å²) in [7, 11) is 0. The highest BCUT2D eigenvalue weighted by Gasteiger charge is 1.85. The molecule has 0 saturated heterocycles. The van der Waals surface area contributed by atoms with Gasteiger partial charge in [-0.15, -0.1) is 17.0 Å². The third kappa shape index (κ3) is 1.63. The summed E-state index contributed by atoms with van der Waals surface area (Å²) >= 11 is 0. The molecule has 0 aliphatic rings. The van der Waals surface area contributed by atoms with Gasteiger partial charge in [-0.1, -0.05) is 5.16 Å². The molecule has 0 bridgehead atoms. The van der Waals surface area contributed by atoms with Gasteiger partial charge in [0.2, 0.25) is 0 Å². The summed E-state index contributed by atoms with van der Waals surface area (Å²) in [5.74, 6) is 0. The Morgan fingerprint density at radius 1 is 1.75 bits per heavy atom. The summed E-state index contributed by atoms with van der Waals surface area (Å²) in [4.78, 5) is 0. The van der Waals surface area contributed by atoms with Crippen molar-refractivity contribution in [2.24, 2.45) is 5.73 Å². The number of nitrogens with zero attached hydrogens (tertiary/aromatic N) is 1. The van der Waals surface area contributed by atoms with E-state index in [0.29, 0.717) is 6.54 Å². The minimum atomic E-state index is 0. The van der Waals surface area contributed by atoms with Gasteiger partial charge in [-0.3, -0.25) is 0 Å². The van der Waals surface area contributed by atoms with Gasteiger partial charge < -0.3 is 10.3 Å². The normalized spacial score (nSPS) is 8.12. The van der Waals surface area contributed by atoms with Crippen LogP contribution in [-0.4, -0.2) is 5.16 Å². The molecule has 1 rings (SSSR count). The molecule has 0 saturated carbocycles. The first-order valence-corrected chi connectivity index (χ1v) is 2.02. The number of hydrogen-bond donors (Lipinski definition) is 1. The van der Waals surface area contributed by atoms with Crippen LogP contribution in [0.2, 0.25) is 0 Å². The van der Waals surface area contributed by atoms with E-state index in [4.69, 9.17) is 5.73 Å². The Bertz CT molecular complexity index is 129. The standard InChI is InChI=1S/C4H6N2O.BrH/c5-1-4-2-6-7-3-4;/h2-3H,1,5H2;1H. The Hall–Kier alpha value is -0.350. The topological polar surface area (TPSA) is 52.0 Å². The summed E-state index contributed by atoms with van der Waals surface area (Å²) in [5.41, 5.74) is 6.12. The van der Waals surface area contributed by atoms with E-state index in [1.165, 1.54) is 6.26 Å². The van der Waals surface area contributed by atoms with E-state index in [1.54, 1.807) is 6.20 Å². The largest absolute Gasteiger partial charge is 0.364 e. The van der Waals surface area contributed by atoms with E-state index in [-0.39, 0.29) is 17.0 Å². The summed E-state index contributed by atoms with van der Waals surface area (Å²) < 4.78 is 4.48. The van der Waals surface area contributed by atoms with Crippen LogP contribution in [0.15, 0.2) is 17.0 Å². The maximum absolute atomic E-state index is 5.19. The van der Waals surface area contributed by atoms with Crippen LogP contribution in [0.3, 0.4) is 0 Å². The van der Waals surface area contributed by atoms with E-state index in [9.17, 15) is 0 Å². The number of hydrogen-bond acceptors (Lipinski definition) is 3. The molecule has 3 nitrogen and oxygen atoms in total. The van der Waals surface area contributed by atoms with Gasteiger partial charge >= 0.3 is 0 Å². The van der Waals surface area contributed by atoms with Gasteiger partial charge in [0.15, 0.2) is 0 Å². The van der Waals surface area contributed by atoms with Crippen molar-refractivity contribution in [2.45, 2.75) is 6.54 Å². The predicted octanol–water partition coefficient (Wildman–Crippen LogP) is 0.711. The van der Waals surface area contributed by atoms with Gasteiger partial charge in [0.25, 0.3) is 0 Å². The minimum Gasteiger partial charge on any atom is -0.364 e. The maximum Gasteiger partial charge on any atom is 0.128 e. The van der Waals surface area contributed by atoms with Gasteiger partial charge in [0.1, 0.15) is 6.26 Å². The predicted molar refractivity (Wildman–Crippen MR) is 34.7 cm³/mol. The lowest BCUT2D eigenvalue weighted by Crippen LogP contribution is -1.92. The molecule has 2 N–H and O–H groups in total. The highest BCUT2D eigenvalue weighted by Crippen LogP contribution is 1.91. The van der Waals surface area contributed by atoms with Gasteiger partial charge in [0, 0.05) is 12.1 Å². The lowest BCUT2D eigenvalue weighted by atomic mass is 10.4. The monoisotopic (exact) mass is 178 g/mol. The van der Waals surface area contributed by atoms with E-state index in [0.717, 1.165) is 5.56 Å². The molecule has 1 heterocycles. The number of rotatable bonds is 1. The van der Waals surface area contributed by atoms with Gasteiger partial charge in [-0.2, -0.15) is 0 Å². The fourth-order valence-electron chi connectivity index (χ4n) is 0.327. The van der Waals surface area contributed by atoms with Crippen LogP contribution in [-0.2, 0) is 6.54 Å². The SMILES string of the molecule is Br.NCc1cnoc1. The second kappa shape index (κ2) is 3.63. The molecule has 0 unspecified atom stereocenters. The molecule has 0 aliphatic carbocycles. The average Bonchev–Trinajstić information content (AvgIpc) is 2.14. The molecule has 0 spiro atoms. The molecular formula is C4H7BrN2O. The van der Waals surface area contributed by atoms with Gasteiger partial charge in [0.05, 0.1) is 6.20 Å². The fourth-order valence-corrected chi connectivity index (χ4v) is 0.327. The average molecular weight is 179 g/mol. The quantitative estimate of drug-likeness (QED) is 0.690. The Kier molecular flexibility index (Phi) is 3.47. The van der Waals surface area contributed by atoms with Crippen molar-refractivity contribution in [3.8, 4) is 0 Å². The maximum atomic E-state index is 5.19. The highest BCUT2D eigenvalue weighted by molar-refractivity contribution is 8.93. The summed E-state index contributed by atoms with van der Waals surface area (Å²) in [5, 5.41) is 3.44. The Morgan fingerprint density at radius 2 is 2.50 bits per heavy atom. The zero-order chi connectivity index (χ0) is 5.11. The first-order chi connectivity index (χ1) is 3.43. The Morgan fingerprint density at radius 3 is 2.75 bits per heavy atom. The summed E-state index contributed by atoms with van der Waals surface area (Å²) in [6, 6.07) is 0. The molecule has 0 amide bonds. The second-order valence-corrected chi connectivity index (χ2v) is 1.24. The first kappa shape index (κ1) is 7.65. The van der Waals surface area contributed by atoms with E-state index >= 15 is 0 Å². The second-order valence-electron chi connectivity index (χ2n) is 1.24. The lowest BCUT2D eigenvalue weighted by molar-refractivity contribution is 0.419. The zero-order valence-corrected chi connectivity index (χ0v) is 5.92. The van der Waals surface area contributed by atoms with Crippen LogP contribution in [0.1, 0.15) is 5.56 Å². The summed E-state index contributed by atoms with van der Waals surface area (Å²) in [6.45, 7) is 0.503. The molecule has 0 aliphatic heterocycles. The van der Waals surface area contributed by atoms with Crippen LogP contribution < -0.4 is 5.73 Å². The van der Waals surface area contributed by atoms with Crippen LogP contribution in [0.25, 0.3) is 0 Å². The molecule has 0 atom stereocenters. The van der Waals surface area contributed by atoms with Crippen molar-refractivity contribution >= 4 is 17.0 Å². The van der Waals surface area contributed by atoms with Crippen molar-refractivity contribution < 1.29 is 4.52 Å². The minimum absolute atomic E-state index is 0. The molecule has 1 aromatic heterocycles. The van der Waals surface area contributed by atoms with Crippen LogP contribution in [0.4, 0.5) is 0 Å². The third-order valence-corrected chi connectivity index (χ3v) is 0.719. The van der Waals surface area contributed by atoms with Crippen molar-refractivity contribution in [1.82, 2.24) is 5.16 Å². The Labute approximate surface area is 57.6 Å². The number of halogens is 1. The van der Waals surface area contributed by atoms with Gasteiger partial charge in [-0.25, -0.2) is 0 Å². The van der Waals surface area contributed by atoms with E-state index in [2.05, 4.69) is 9.68 Å². The molecule has 46 valence electrons. The van der Waals surface area contributed by atoms with Crippen LogP contribution in [0.5, 0.6) is 0 Å². The molecule has 8 heavy (non-hydrogen) atoms. The van der Waals surface area contributed by atoms with Gasteiger partial charge in [-0.05, 0) is 0 Å².